The van der Waals surface area contributed by atoms with Gasteiger partial charge in [-0.2, -0.15) is 0 Å². The van der Waals surface area contributed by atoms with Gasteiger partial charge in [-0.15, -0.1) is 0 Å². The molecule has 0 spiro atoms. The minimum absolute atomic E-state index is 0.00938. The second kappa shape index (κ2) is 7.84. The Kier molecular flexibility index (Phi) is 5.11. The first-order valence-electron chi connectivity index (χ1n) is 10.1. The van der Waals surface area contributed by atoms with E-state index in [-0.39, 0.29) is 32.7 Å². The van der Waals surface area contributed by atoms with Crippen molar-refractivity contribution in [1.82, 2.24) is 9.38 Å². The highest BCUT2D eigenvalue weighted by atomic mass is 35.5. The molecule has 0 radical (unpaired) electrons. The molecule has 1 aromatic carbocycles. The highest BCUT2D eigenvalue weighted by molar-refractivity contribution is 7.91. The summed E-state index contributed by atoms with van der Waals surface area (Å²) in [7, 11) is -4.03. The Hall–Kier alpha value is -3.01. The highest BCUT2D eigenvalue weighted by Crippen LogP contribution is 2.27. The molecule has 1 aliphatic rings. The van der Waals surface area contributed by atoms with E-state index in [9.17, 15) is 13.2 Å². The van der Waals surface area contributed by atoms with Crippen LogP contribution in [-0.2, 0) is 21.1 Å². The first-order chi connectivity index (χ1) is 15.4. The molecular weight excluding hydrogens is 452 g/mol. The third-order valence-electron chi connectivity index (χ3n) is 5.65. The molecule has 32 heavy (non-hydrogen) atoms. The Labute approximate surface area is 188 Å². The van der Waals surface area contributed by atoms with Gasteiger partial charge in [0.05, 0.1) is 17.5 Å². The van der Waals surface area contributed by atoms with Crippen molar-refractivity contribution in [3.63, 3.8) is 0 Å². The summed E-state index contributed by atoms with van der Waals surface area (Å²) in [5, 5.41) is 0.575. The Bertz CT molecular complexity index is 1510. The highest BCUT2D eigenvalue weighted by Gasteiger charge is 2.31. The number of halogens is 1. The molecule has 0 bridgehead atoms. The van der Waals surface area contributed by atoms with Gasteiger partial charge >= 0.3 is 0 Å². The van der Waals surface area contributed by atoms with Gasteiger partial charge in [0.2, 0.25) is 21.3 Å². The van der Waals surface area contributed by atoms with Crippen LogP contribution in [0.3, 0.4) is 0 Å². The first-order valence-corrected chi connectivity index (χ1v) is 12.0. The van der Waals surface area contributed by atoms with Gasteiger partial charge in [0.25, 0.3) is 11.2 Å². The van der Waals surface area contributed by atoms with Gasteiger partial charge in [0.1, 0.15) is 10.3 Å². The van der Waals surface area contributed by atoms with Gasteiger partial charge < -0.3 is 10.5 Å². The van der Waals surface area contributed by atoms with E-state index in [1.54, 1.807) is 29.0 Å². The molecule has 5 rings (SSSR count). The largest absolute Gasteiger partial charge is 0.375 e. The fraction of sp³-hybridized carbons (Fsp3) is 0.227. The van der Waals surface area contributed by atoms with Crippen LogP contribution in [0.4, 0.5) is 5.82 Å². The second-order valence-corrected chi connectivity index (χ2v) is 10.0. The molecule has 10 heteroatoms. The minimum atomic E-state index is -4.03. The lowest BCUT2D eigenvalue weighted by Gasteiger charge is -2.15. The molecule has 1 aliphatic heterocycles. The third-order valence-corrected chi connectivity index (χ3v) is 7.70. The molecule has 0 aliphatic carbocycles. The number of sulfone groups is 1. The Morgan fingerprint density at radius 3 is 2.72 bits per heavy atom. The van der Waals surface area contributed by atoms with Crippen LogP contribution >= 0.6 is 11.6 Å². The van der Waals surface area contributed by atoms with Crippen molar-refractivity contribution in [3.05, 3.63) is 70.1 Å². The van der Waals surface area contributed by atoms with Crippen LogP contribution < -0.4 is 15.9 Å². The lowest BCUT2D eigenvalue weighted by molar-refractivity contribution is -0.667. The van der Waals surface area contributed by atoms with E-state index in [4.69, 9.17) is 22.1 Å². The maximum atomic E-state index is 13.5. The molecule has 2 N–H and O–H groups in total. The molecule has 1 saturated heterocycles. The normalized spacial score (nSPS) is 16.7. The van der Waals surface area contributed by atoms with E-state index in [2.05, 4.69) is 4.98 Å². The fourth-order valence-electron chi connectivity index (χ4n) is 4.01. The van der Waals surface area contributed by atoms with Crippen LogP contribution in [0.2, 0.25) is 5.02 Å². The number of ether oxygens (including phenoxy) is 1. The van der Waals surface area contributed by atoms with E-state index in [0.29, 0.717) is 29.5 Å². The van der Waals surface area contributed by atoms with Crippen molar-refractivity contribution in [2.24, 2.45) is 0 Å². The number of fused-ring (bicyclic) bond motifs is 2. The Balaban J connectivity index is 1.83. The molecule has 0 unspecified atom stereocenters. The van der Waals surface area contributed by atoms with Gasteiger partial charge in [-0.05, 0) is 55.3 Å². The number of nitrogens with two attached hydrogens (primary N) is 1. The lowest BCUT2D eigenvalue weighted by atomic mass is 10.2. The second-order valence-electron chi connectivity index (χ2n) is 7.68. The molecule has 0 amide bonds. The standard InChI is InChI=1S/C22H19ClN4O4S/c23-14-6-8-16(9-7-14)32(29,30)18-12-17-21(25-19-5-1-2-10-26(19)22(17)28)27(20(18)24)13-15-4-3-11-31-15/h1-2,5-10,12,15,24H,3-4,11,13H2/p+1/t15-/m0/s1. The Morgan fingerprint density at radius 1 is 1.22 bits per heavy atom. The molecule has 1 fully saturated rings. The van der Waals surface area contributed by atoms with Crippen LogP contribution in [0.25, 0.3) is 16.7 Å². The zero-order valence-corrected chi connectivity index (χ0v) is 18.5. The summed E-state index contributed by atoms with van der Waals surface area (Å²) in [4.78, 5) is 17.8. The number of aromatic nitrogens is 3. The number of rotatable bonds is 4. The van der Waals surface area contributed by atoms with Gasteiger partial charge in [0, 0.05) is 17.8 Å². The summed E-state index contributed by atoms with van der Waals surface area (Å²) >= 11 is 5.92. The van der Waals surface area contributed by atoms with Crippen LogP contribution in [-0.4, -0.2) is 30.5 Å². The number of benzene rings is 1. The third kappa shape index (κ3) is 3.42. The minimum Gasteiger partial charge on any atom is -0.375 e. The van der Waals surface area contributed by atoms with E-state index in [1.807, 2.05) is 0 Å². The molecule has 4 aromatic rings. The first kappa shape index (κ1) is 20.9. The van der Waals surface area contributed by atoms with Gasteiger partial charge in [0.15, 0.2) is 0 Å². The molecular formula is C22H20ClN4O4S+. The number of hydrogen-bond donors (Lipinski definition) is 1. The van der Waals surface area contributed by atoms with E-state index < -0.39 is 9.84 Å². The quantitative estimate of drug-likeness (QED) is 0.361. The SMILES string of the molecule is Nc1c(S(=O)(=O)c2ccc(Cl)cc2)cc2c(=O)n3ccccc3nc2[n+]1C[C@@H]1CCCO1. The van der Waals surface area contributed by atoms with Gasteiger partial charge in [-0.25, -0.2) is 13.0 Å². The number of hydrogen-bond acceptors (Lipinski definition) is 6. The summed E-state index contributed by atoms with van der Waals surface area (Å²) in [5.74, 6) is 0.00938. The van der Waals surface area contributed by atoms with Crippen molar-refractivity contribution in [2.75, 3.05) is 12.3 Å². The van der Waals surface area contributed by atoms with E-state index in [0.717, 1.165) is 12.8 Å². The summed E-state index contributed by atoms with van der Waals surface area (Å²) in [6.45, 7) is 0.923. The molecule has 4 heterocycles. The van der Waals surface area contributed by atoms with E-state index in [1.165, 1.54) is 34.7 Å². The van der Waals surface area contributed by atoms with Crippen LogP contribution in [0.15, 0.2) is 69.3 Å². The number of pyridine rings is 2. The van der Waals surface area contributed by atoms with Crippen LogP contribution in [0, 0.1) is 0 Å². The summed E-state index contributed by atoms with van der Waals surface area (Å²) < 4.78 is 35.7. The lowest BCUT2D eigenvalue weighted by Crippen LogP contribution is -2.45. The van der Waals surface area contributed by atoms with Crippen molar-refractivity contribution >= 4 is 43.9 Å². The summed E-state index contributed by atoms with van der Waals surface area (Å²) in [6, 6.07) is 12.3. The topological polar surface area (TPSA) is 108 Å². The molecule has 3 aromatic heterocycles. The number of nitrogen functional groups attached to an aromatic ring is 1. The average Bonchev–Trinajstić information content (AvgIpc) is 3.29. The van der Waals surface area contributed by atoms with Crippen LogP contribution in [0.5, 0.6) is 0 Å². The monoisotopic (exact) mass is 471 g/mol. The van der Waals surface area contributed by atoms with Crippen molar-refractivity contribution in [2.45, 2.75) is 35.3 Å². The van der Waals surface area contributed by atoms with Crippen molar-refractivity contribution < 1.29 is 17.7 Å². The molecule has 164 valence electrons. The maximum Gasteiger partial charge on any atom is 0.278 e. The predicted molar refractivity (Wildman–Crippen MR) is 119 cm³/mol. The average molecular weight is 472 g/mol. The Morgan fingerprint density at radius 2 is 2.00 bits per heavy atom. The molecule has 1 atom stereocenters. The van der Waals surface area contributed by atoms with Crippen LogP contribution in [0.1, 0.15) is 12.8 Å². The summed E-state index contributed by atoms with van der Waals surface area (Å²) in [6.07, 6.45) is 3.17. The smallest absolute Gasteiger partial charge is 0.278 e. The van der Waals surface area contributed by atoms with Gasteiger partial charge in [-0.3, -0.25) is 9.20 Å². The van der Waals surface area contributed by atoms with Gasteiger partial charge in [-0.1, -0.05) is 22.7 Å². The molecule has 8 nitrogen and oxygen atoms in total. The fourth-order valence-corrected chi connectivity index (χ4v) is 5.54. The zero-order valence-electron chi connectivity index (χ0n) is 16.9. The molecule has 0 saturated carbocycles. The zero-order chi connectivity index (χ0) is 22.5. The van der Waals surface area contributed by atoms with Crippen molar-refractivity contribution in [1.29, 1.82) is 0 Å². The number of nitrogens with zero attached hydrogens (tertiary/aromatic N) is 3. The number of anilines is 1. The van der Waals surface area contributed by atoms with E-state index >= 15 is 0 Å². The van der Waals surface area contributed by atoms with Crippen molar-refractivity contribution in [3.8, 4) is 0 Å². The maximum absolute atomic E-state index is 13.5. The summed E-state index contributed by atoms with van der Waals surface area (Å²) in [5.41, 5.74) is 6.82. The predicted octanol–water partition coefficient (Wildman–Crippen LogP) is 2.38.